The van der Waals surface area contributed by atoms with Gasteiger partial charge in [-0.05, 0) is 11.6 Å². The Morgan fingerprint density at radius 2 is 2.20 bits per heavy atom. The normalized spacial score (nSPS) is 15.7. The Morgan fingerprint density at radius 1 is 1.40 bits per heavy atom. The fourth-order valence-corrected chi connectivity index (χ4v) is 3.11. The van der Waals surface area contributed by atoms with Crippen molar-refractivity contribution in [3.63, 3.8) is 0 Å². The predicted octanol–water partition coefficient (Wildman–Crippen LogP) is 1.91. The van der Waals surface area contributed by atoms with E-state index in [1.54, 1.807) is 0 Å². The maximum atomic E-state index is 12.5. The number of para-hydroxylation sites is 1. The number of carbonyl (C=O) groups is 2. The van der Waals surface area contributed by atoms with Gasteiger partial charge in [-0.25, -0.2) is 14.3 Å². The van der Waals surface area contributed by atoms with Crippen LogP contribution in [0.1, 0.15) is 17.2 Å². The highest BCUT2D eigenvalue weighted by atomic mass is 16.5. The molecule has 9 nitrogen and oxygen atoms in total. The Kier molecular flexibility index (Phi) is 3.27. The van der Waals surface area contributed by atoms with Crippen molar-refractivity contribution in [2.75, 3.05) is 17.7 Å². The van der Waals surface area contributed by atoms with Crippen LogP contribution in [0.2, 0.25) is 0 Å². The van der Waals surface area contributed by atoms with Gasteiger partial charge in [-0.3, -0.25) is 10.1 Å². The Balaban J connectivity index is 1.95. The van der Waals surface area contributed by atoms with Crippen LogP contribution < -0.4 is 15.4 Å². The first-order valence-corrected chi connectivity index (χ1v) is 7.40. The first-order valence-electron chi connectivity index (χ1n) is 7.40. The molecule has 1 aliphatic rings. The standard InChI is InChI=1S/C16H13N5O4/c1-25-14-10(20-16(23)24)6-21-13(14)12(17-7-18-21)11-8-4-2-3-5-9(8)19-15(11)22/h2-7,11,20H,1H3,(H,19,22)(H,23,24). The van der Waals surface area contributed by atoms with Crippen molar-refractivity contribution in [3.05, 3.63) is 48.0 Å². The van der Waals surface area contributed by atoms with Gasteiger partial charge in [0.05, 0.1) is 19.0 Å². The molecule has 0 aliphatic carbocycles. The number of carboxylic acid groups (broad SMARTS) is 1. The van der Waals surface area contributed by atoms with Gasteiger partial charge in [0.2, 0.25) is 5.91 Å². The van der Waals surface area contributed by atoms with Crippen molar-refractivity contribution in [1.29, 1.82) is 0 Å². The molecule has 4 rings (SSSR count). The first kappa shape index (κ1) is 14.9. The molecule has 25 heavy (non-hydrogen) atoms. The minimum Gasteiger partial charge on any atom is -0.492 e. The van der Waals surface area contributed by atoms with Crippen molar-refractivity contribution >= 4 is 28.9 Å². The second-order valence-corrected chi connectivity index (χ2v) is 5.45. The number of anilines is 2. The molecule has 1 aromatic carbocycles. The minimum atomic E-state index is -1.23. The Bertz CT molecular complexity index is 1010. The Hall–Kier alpha value is -3.62. The van der Waals surface area contributed by atoms with Crippen LogP contribution in [-0.2, 0) is 4.79 Å². The summed E-state index contributed by atoms with van der Waals surface area (Å²) < 4.78 is 6.81. The molecule has 1 aliphatic heterocycles. The molecule has 0 saturated heterocycles. The van der Waals surface area contributed by atoms with Crippen LogP contribution in [0.25, 0.3) is 5.52 Å². The smallest absolute Gasteiger partial charge is 0.409 e. The molecule has 126 valence electrons. The lowest BCUT2D eigenvalue weighted by molar-refractivity contribution is -0.116. The third-order valence-corrected chi connectivity index (χ3v) is 4.07. The van der Waals surface area contributed by atoms with E-state index in [-0.39, 0.29) is 17.3 Å². The quantitative estimate of drug-likeness (QED) is 0.671. The fourth-order valence-electron chi connectivity index (χ4n) is 3.11. The summed E-state index contributed by atoms with van der Waals surface area (Å²) in [6, 6.07) is 7.35. The fraction of sp³-hybridized carbons (Fsp3) is 0.125. The number of rotatable bonds is 3. The van der Waals surface area contributed by atoms with Crippen molar-refractivity contribution in [2.24, 2.45) is 0 Å². The molecular weight excluding hydrogens is 326 g/mol. The summed E-state index contributed by atoms with van der Waals surface area (Å²) in [6.45, 7) is 0. The molecule has 3 aromatic rings. The van der Waals surface area contributed by atoms with E-state index in [2.05, 4.69) is 20.7 Å². The van der Waals surface area contributed by atoms with E-state index in [0.717, 1.165) is 11.3 Å². The Morgan fingerprint density at radius 3 is 2.96 bits per heavy atom. The van der Waals surface area contributed by atoms with Crippen LogP contribution in [0.3, 0.4) is 0 Å². The van der Waals surface area contributed by atoms with Crippen LogP contribution in [0, 0.1) is 0 Å². The zero-order valence-electron chi connectivity index (χ0n) is 13.1. The summed E-state index contributed by atoms with van der Waals surface area (Å²) in [6.07, 6.45) is 1.57. The second-order valence-electron chi connectivity index (χ2n) is 5.45. The molecule has 2 amide bonds. The lowest BCUT2D eigenvalue weighted by Crippen LogP contribution is -2.16. The van der Waals surface area contributed by atoms with Gasteiger partial charge in [0.15, 0.2) is 5.75 Å². The second kappa shape index (κ2) is 5.48. The monoisotopic (exact) mass is 339 g/mol. The van der Waals surface area contributed by atoms with E-state index < -0.39 is 12.0 Å². The molecular formula is C16H13N5O4. The van der Waals surface area contributed by atoms with E-state index in [1.807, 2.05) is 24.3 Å². The van der Waals surface area contributed by atoms with Gasteiger partial charge >= 0.3 is 6.09 Å². The number of fused-ring (bicyclic) bond motifs is 2. The number of nitrogens with zero attached hydrogens (tertiary/aromatic N) is 3. The van der Waals surface area contributed by atoms with Gasteiger partial charge < -0.3 is 15.2 Å². The highest BCUT2D eigenvalue weighted by molar-refractivity contribution is 6.06. The lowest BCUT2D eigenvalue weighted by atomic mass is 9.96. The molecule has 2 aromatic heterocycles. The number of amides is 2. The summed E-state index contributed by atoms with van der Waals surface area (Å²) in [7, 11) is 1.42. The number of nitrogens with one attached hydrogen (secondary N) is 2. The maximum Gasteiger partial charge on any atom is 0.409 e. The van der Waals surface area contributed by atoms with Gasteiger partial charge in [-0.2, -0.15) is 5.10 Å². The van der Waals surface area contributed by atoms with E-state index in [1.165, 1.54) is 24.1 Å². The largest absolute Gasteiger partial charge is 0.492 e. The summed E-state index contributed by atoms with van der Waals surface area (Å²) in [5.41, 5.74) is 2.62. The van der Waals surface area contributed by atoms with Crippen molar-refractivity contribution in [3.8, 4) is 5.75 Å². The third-order valence-electron chi connectivity index (χ3n) is 4.07. The lowest BCUT2D eigenvalue weighted by Gasteiger charge is -2.11. The number of hydrogen-bond acceptors (Lipinski definition) is 5. The number of ether oxygens (including phenoxy) is 1. The van der Waals surface area contributed by atoms with E-state index >= 15 is 0 Å². The average molecular weight is 339 g/mol. The van der Waals surface area contributed by atoms with Crippen LogP contribution in [-0.4, -0.2) is 38.8 Å². The van der Waals surface area contributed by atoms with Crippen LogP contribution in [0.15, 0.2) is 36.8 Å². The molecule has 0 spiro atoms. The highest BCUT2D eigenvalue weighted by Gasteiger charge is 2.35. The van der Waals surface area contributed by atoms with Crippen LogP contribution in [0.5, 0.6) is 5.75 Å². The molecule has 0 saturated carbocycles. The molecule has 9 heteroatoms. The van der Waals surface area contributed by atoms with Crippen molar-refractivity contribution in [1.82, 2.24) is 14.6 Å². The topological polar surface area (TPSA) is 118 Å². The minimum absolute atomic E-state index is 0.210. The molecule has 0 radical (unpaired) electrons. The molecule has 0 bridgehead atoms. The number of benzene rings is 1. The number of hydrogen-bond donors (Lipinski definition) is 3. The number of aromatic nitrogens is 3. The zero-order valence-corrected chi connectivity index (χ0v) is 13.1. The summed E-state index contributed by atoms with van der Waals surface area (Å²) in [5.74, 6) is -0.587. The summed E-state index contributed by atoms with van der Waals surface area (Å²) >= 11 is 0. The van der Waals surface area contributed by atoms with Gasteiger partial charge in [0.25, 0.3) is 0 Å². The van der Waals surface area contributed by atoms with Crippen molar-refractivity contribution in [2.45, 2.75) is 5.92 Å². The van der Waals surface area contributed by atoms with E-state index in [0.29, 0.717) is 11.2 Å². The molecule has 3 N–H and O–H groups in total. The molecule has 3 heterocycles. The average Bonchev–Trinajstić information content (AvgIpc) is 3.10. The third kappa shape index (κ3) is 2.24. The molecule has 1 unspecified atom stereocenters. The van der Waals surface area contributed by atoms with E-state index in [4.69, 9.17) is 9.84 Å². The summed E-state index contributed by atoms with van der Waals surface area (Å²) in [4.78, 5) is 27.8. The number of carbonyl (C=O) groups excluding carboxylic acids is 1. The van der Waals surface area contributed by atoms with Crippen LogP contribution in [0.4, 0.5) is 16.2 Å². The van der Waals surface area contributed by atoms with Gasteiger partial charge in [0, 0.05) is 5.69 Å². The first-order chi connectivity index (χ1) is 12.1. The maximum absolute atomic E-state index is 12.5. The molecule has 0 fully saturated rings. The highest BCUT2D eigenvalue weighted by Crippen LogP contribution is 2.41. The Labute approximate surface area is 141 Å². The SMILES string of the molecule is COc1c(NC(=O)O)cn2ncnc(C3C(=O)Nc4ccccc43)c12. The van der Waals surface area contributed by atoms with Crippen LogP contribution >= 0.6 is 0 Å². The number of methoxy groups -OCH3 is 1. The summed E-state index contributed by atoms with van der Waals surface area (Å²) in [5, 5.41) is 18.2. The molecule has 1 atom stereocenters. The zero-order chi connectivity index (χ0) is 17.6. The predicted molar refractivity (Wildman–Crippen MR) is 88.1 cm³/mol. The van der Waals surface area contributed by atoms with Crippen molar-refractivity contribution < 1.29 is 19.4 Å². The van der Waals surface area contributed by atoms with Gasteiger partial charge in [0.1, 0.15) is 23.4 Å². The van der Waals surface area contributed by atoms with E-state index in [9.17, 15) is 9.59 Å². The van der Waals surface area contributed by atoms with Gasteiger partial charge in [-0.15, -0.1) is 0 Å². The van der Waals surface area contributed by atoms with Gasteiger partial charge in [-0.1, -0.05) is 18.2 Å².